The summed E-state index contributed by atoms with van der Waals surface area (Å²) in [5.41, 5.74) is 6.31. The highest BCUT2D eigenvalue weighted by molar-refractivity contribution is 5.72. The Morgan fingerprint density at radius 1 is 1.60 bits per heavy atom. The number of anilines is 1. The highest BCUT2D eigenvalue weighted by Crippen LogP contribution is 2.11. The monoisotopic (exact) mass is 207 g/mol. The van der Waals surface area contributed by atoms with E-state index in [1.165, 1.54) is 25.3 Å². The Morgan fingerprint density at radius 2 is 2.33 bits per heavy atom. The van der Waals surface area contributed by atoms with Crippen LogP contribution in [-0.4, -0.2) is 13.1 Å². The topological polar surface area (TPSA) is 52.3 Å². The van der Waals surface area contributed by atoms with Crippen LogP contribution >= 0.6 is 0 Å². The van der Waals surface area contributed by atoms with Crippen LogP contribution in [0.15, 0.2) is 18.2 Å². The molecule has 0 aromatic heterocycles. The van der Waals surface area contributed by atoms with Crippen molar-refractivity contribution in [3.63, 3.8) is 0 Å². The van der Waals surface area contributed by atoms with E-state index in [0.717, 1.165) is 0 Å². The van der Waals surface area contributed by atoms with E-state index in [-0.39, 0.29) is 6.42 Å². The Balaban J connectivity index is 2.79. The summed E-state index contributed by atoms with van der Waals surface area (Å²) in [5.74, 6) is 4.31. The molecule has 0 aliphatic carbocycles. The minimum absolute atomic E-state index is 0.0353. The number of methoxy groups -OCH3 is 1. The number of nitrogens with two attached hydrogens (primary N) is 1. The van der Waals surface area contributed by atoms with E-state index in [4.69, 9.17) is 5.73 Å². The van der Waals surface area contributed by atoms with Gasteiger partial charge in [-0.2, -0.15) is 0 Å². The first-order chi connectivity index (χ1) is 7.13. The van der Waals surface area contributed by atoms with E-state index in [0.29, 0.717) is 11.3 Å². The summed E-state index contributed by atoms with van der Waals surface area (Å²) in [4.78, 5) is 10.7. The standard InChI is InChI=1S/C11H10FNO2/c1-15-11(14)4-2-3-8-7-9(12)5-6-10(8)13/h5-7H,4,13H2,1H3. The van der Waals surface area contributed by atoms with E-state index in [2.05, 4.69) is 16.6 Å². The van der Waals surface area contributed by atoms with E-state index in [9.17, 15) is 9.18 Å². The van der Waals surface area contributed by atoms with Crippen molar-refractivity contribution < 1.29 is 13.9 Å². The second-order valence-corrected chi connectivity index (χ2v) is 2.79. The van der Waals surface area contributed by atoms with Crippen molar-refractivity contribution in [3.05, 3.63) is 29.6 Å². The molecule has 0 unspecified atom stereocenters. The quantitative estimate of drug-likeness (QED) is 0.429. The number of ether oxygens (including phenoxy) is 1. The molecule has 0 saturated heterocycles. The number of carbonyl (C=O) groups is 1. The van der Waals surface area contributed by atoms with Gasteiger partial charge in [0.15, 0.2) is 0 Å². The minimum atomic E-state index is -0.433. The lowest BCUT2D eigenvalue weighted by molar-refractivity contribution is -0.139. The number of rotatable bonds is 1. The number of hydrogen-bond acceptors (Lipinski definition) is 3. The predicted octanol–water partition coefficient (Wildman–Crippen LogP) is 1.32. The van der Waals surface area contributed by atoms with Gasteiger partial charge in [-0.05, 0) is 18.2 Å². The zero-order valence-corrected chi connectivity index (χ0v) is 8.21. The molecule has 2 N–H and O–H groups in total. The van der Waals surface area contributed by atoms with Crippen molar-refractivity contribution in [2.24, 2.45) is 0 Å². The Hall–Kier alpha value is -2.02. The number of nitrogen functional groups attached to an aromatic ring is 1. The van der Waals surface area contributed by atoms with Crippen molar-refractivity contribution in [2.75, 3.05) is 12.8 Å². The van der Waals surface area contributed by atoms with Gasteiger partial charge in [-0.3, -0.25) is 4.79 Å². The van der Waals surface area contributed by atoms with E-state index >= 15 is 0 Å². The Morgan fingerprint density at radius 3 is 3.00 bits per heavy atom. The molecule has 1 aromatic rings. The molecule has 1 aromatic carbocycles. The highest BCUT2D eigenvalue weighted by Gasteiger charge is 1.98. The normalized spacial score (nSPS) is 8.93. The van der Waals surface area contributed by atoms with Crippen LogP contribution in [0.5, 0.6) is 0 Å². The molecule has 4 heteroatoms. The van der Waals surface area contributed by atoms with E-state index < -0.39 is 11.8 Å². The van der Waals surface area contributed by atoms with Gasteiger partial charge in [0.25, 0.3) is 0 Å². The highest BCUT2D eigenvalue weighted by atomic mass is 19.1. The van der Waals surface area contributed by atoms with Crippen LogP contribution in [0.2, 0.25) is 0 Å². The first kappa shape index (κ1) is 11.1. The molecular weight excluding hydrogens is 197 g/mol. The zero-order valence-electron chi connectivity index (χ0n) is 8.21. The summed E-state index contributed by atoms with van der Waals surface area (Å²) in [6.07, 6.45) is -0.0353. The maximum absolute atomic E-state index is 12.8. The van der Waals surface area contributed by atoms with Gasteiger partial charge in [-0.25, -0.2) is 4.39 Å². The van der Waals surface area contributed by atoms with Crippen LogP contribution in [0.25, 0.3) is 0 Å². The molecular formula is C11H10FNO2. The summed E-state index contributed by atoms with van der Waals surface area (Å²) in [7, 11) is 1.28. The summed E-state index contributed by atoms with van der Waals surface area (Å²) in [6.45, 7) is 0. The van der Waals surface area contributed by atoms with Gasteiger partial charge < -0.3 is 10.5 Å². The van der Waals surface area contributed by atoms with Crippen LogP contribution in [-0.2, 0) is 9.53 Å². The second kappa shape index (κ2) is 5.01. The van der Waals surface area contributed by atoms with Crippen molar-refractivity contribution in [3.8, 4) is 11.8 Å². The molecule has 78 valence electrons. The fourth-order valence-corrected chi connectivity index (χ4v) is 0.921. The molecule has 0 aliphatic heterocycles. The molecule has 0 aliphatic rings. The van der Waals surface area contributed by atoms with Crippen LogP contribution in [0.3, 0.4) is 0 Å². The molecule has 0 bridgehead atoms. The van der Waals surface area contributed by atoms with E-state index in [1.54, 1.807) is 0 Å². The second-order valence-electron chi connectivity index (χ2n) is 2.79. The average Bonchev–Trinajstić information content (AvgIpc) is 2.23. The third kappa shape index (κ3) is 3.31. The van der Waals surface area contributed by atoms with Crippen molar-refractivity contribution in [1.29, 1.82) is 0 Å². The van der Waals surface area contributed by atoms with Gasteiger partial charge in [0.2, 0.25) is 0 Å². The Bertz CT molecular complexity index is 432. The first-order valence-electron chi connectivity index (χ1n) is 4.24. The van der Waals surface area contributed by atoms with Crippen LogP contribution in [0, 0.1) is 17.7 Å². The molecule has 0 heterocycles. The lowest BCUT2D eigenvalue weighted by atomic mass is 10.2. The predicted molar refractivity (Wildman–Crippen MR) is 54.3 cm³/mol. The van der Waals surface area contributed by atoms with Gasteiger partial charge in [-0.1, -0.05) is 11.8 Å². The maximum atomic E-state index is 12.8. The summed E-state index contributed by atoms with van der Waals surface area (Å²) >= 11 is 0. The van der Waals surface area contributed by atoms with Crippen LogP contribution in [0.4, 0.5) is 10.1 Å². The molecule has 0 spiro atoms. The number of benzene rings is 1. The average molecular weight is 207 g/mol. The fraction of sp³-hybridized carbons (Fsp3) is 0.182. The summed E-state index contributed by atoms with van der Waals surface area (Å²) in [5, 5.41) is 0. The third-order valence-electron chi connectivity index (χ3n) is 1.70. The molecule has 0 atom stereocenters. The van der Waals surface area contributed by atoms with Gasteiger partial charge in [0, 0.05) is 5.69 Å². The zero-order chi connectivity index (χ0) is 11.3. The summed E-state index contributed by atoms with van der Waals surface area (Å²) in [6, 6.07) is 3.90. The fourth-order valence-electron chi connectivity index (χ4n) is 0.921. The molecule has 1 rings (SSSR count). The van der Waals surface area contributed by atoms with Crippen LogP contribution in [0.1, 0.15) is 12.0 Å². The van der Waals surface area contributed by atoms with Gasteiger partial charge in [0.1, 0.15) is 12.2 Å². The smallest absolute Gasteiger partial charge is 0.317 e. The molecule has 15 heavy (non-hydrogen) atoms. The van der Waals surface area contributed by atoms with Gasteiger partial charge >= 0.3 is 5.97 Å². The van der Waals surface area contributed by atoms with Crippen molar-refractivity contribution >= 4 is 11.7 Å². The minimum Gasteiger partial charge on any atom is -0.468 e. The SMILES string of the molecule is COC(=O)CC#Cc1cc(F)ccc1N. The lowest BCUT2D eigenvalue weighted by Crippen LogP contribution is -1.97. The largest absolute Gasteiger partial charge is 0.468 e. The molecule has 3 nitrogen and oxygen atoms in total. The van der Waals surface area contributed by atoms with Gasteiger partial charge in [0.05, 0.1) is 12.7 Å². The van der Waals surface area contributed by atoms with Crippen molar-refractivity contribution in [2.45, 2.75) is 6.42 Å². The Labute approximate surface area is 87.0 Å². The van der Waals surface area contributed by atoms with Crippen LogP contribution < -0.4 is 5.73 Å². The molecule has 0 amide bonds. The summed E-state index contributed by atoms with van der Waals surface area (Å²) < 4.78 is 17.2. The molecule has 0 fully saturated rings. The number of halogens is 1. The third-order valence-corrected chi connectivity index (χ3v) is 1.70. The molecule has 0 saturated carbocycles. The lowest BCUT2D eigenvalue weighted by Gasteiger charge is -1.96. The van der Waals surface area contributed by atoms with Crippen molar-refractivity contribution in [1.82, 2.24) is 0 Å². The Kier molecular flexibility index (Phi) is 3.69. The number of esters is 1. The van der Waals surface area contributed by atoms with E-state index in [1.807, 2.05) is 0 Å². The maximum Gasteiger partial charge on any atom is 0.317 e. The first-order valence-corrected chi connectivity index (χ1v) is 4.24. The number of carbonyl (C=O) groups excluding carboxylic acids is 1. The molecule has 0 radical (unpaired) electrons. The number of hydrogen-bond donors (Lipinski definition) is 1. The van der Waals surface area contributed by atoms with Gasteiger partial charge in [-0.15, -0.1) is 0 Å².